The van der Waals surface area contributed by atoms with Crippen molar-refractivity contribution in [1.29, 1.82) is 0 Å². The molecule has 0 amide bonds. The summed E-state index contributed by atoms with van der Waals surface area (Å²) in [6, 6.07) is 6.34. The fourth-order valence-corrected chi connectivity index (χ4v) is 2.90. The van der Waals surface area contributed by atoms with Crippen LogP contribution in [0.3, 0.4) is 0 Å². The van der Waals surface area contributed by atoms with E-state index in [4.69, 9.17) is 25.1 Å². The van der Waals surface area contributed by atoms with Crippen molar-refractivity contribution in [2.24, 2.45) is 9.36 Å². The zero-order valence-corrected chi connectivity index (χ0v) is 16.7. The Morgan fingerprint density at radius 2 is 2.00 bits per heavy atom. The number of rotatable bonds is 5. The maximum atomic E-state index is 12.3. The molecule has 1 atom stereocenters. The minimum absolute atomic E-state index is 0.0167. The van der Waals surface area contributed by atoms with Crippen LogP contribution in [-0.4, -0.2) is 30.8 Å². The molecule has 0 bridgehead atoms. The van der Waals surface area contributed by atoms with Crippen LogP contribution < -0.4 is 4.74 Å². The van der Waals surface area contributed by atoms with Crippen LogP contribution in [0.2, 0.25) is 0 Å². The van der Waals surface area contributed by atoms with Gasteiger partial charge in [0.2, 0.25) is 5.82 Å². The van der Waals surface area contributed by atoms with Crippen molar-refractivity contribution in [2.45, 2.75) is 18.2 Å². The third kappa shape index (κ3) is 6.62. The Morgan fingerprint density at radius 3 is 2.54 bits per heavy atom. The van der Waals surface area contributed by atoms with E-state index in [1.165, 1.54) is 19.2 Å². The molecule has 0 saturated heterocycles. The average Bonchev–Trinajstić information content (AvgIpc) is 3.00. The first-order valence-corrected chi connectivity index (χ1v) is 11.2. The predicted octanol–water partition coefficient (Wildman–Crippen LogP) is 4.67. The molecule has 136 valence electrons. The molecule has 0 saturated carbocycles. The Bertz CT molecular complexity index is 777. The van der Waals surface area contributed by atoms with Gasteiger partial charge >= 0.3 is 33.0 Å². The Morgan fingerprint density at radius 1 is 1.38 bits per heavy atom. The van der Waals surface area contributed by atoms with Crippen molar-refractivity contribution in [1.82, 2.24) is 8.75 Å². The normalized spacial score (nSPS) is 13.2. The molecular formula is C12H14Cl2N4NiO3S2. The molecule has 2 aromatic rings. The second kappa shape index (κ2) is 11.0. The number of hydrogen-bond acceptors (Lipinski definition) is 7. The van der Waals surface area contributed by atoms with Gasteiger partial charge in [0.1, 0.15) is 0 Å². The van der Waals surface area contributed by atoms with Gasteiger partial charge in [0.05, 0.1) is 29.4 Å². The van der Waals surface area contributed by atoms with Gasteiger partial charge in [-0.3, -0.25) is 9.55 Å². The van der Waals surface area contributed by atoms with Crippen LogP contribution in [0, 0.1) is 0 Å². The summed E-state index contributed by atoms with van der Waals surface area (Å²) in [5, 5.41) is 0. The summed E-state index contributed by atoms with van der Waals surface area (Å²) >= 11 is 1.43. The average molecular weight is 456 g/mol. The zero-order chi connectivity index (χ0) is 18.0. The van der Waals surface area contributed by atoms with Crippen molar-refractivity contribution in [3.05, 3.63) is 24.3 Å². The summed E-state index contributed by atoms with van der Waals surface area (Å²) in [5.74, 6) is 0.147. The van der Waals surface area contributed by atoms with Gasteiger partial charge in [0, 0.05) is 6.21 Å². The van der Waals surface area contributed by atoms with Crippen LogP contribution in [0.4, 0.5) is 11.5 Å². The van der Waals surface area contributed by atoms with Gasteiger partial charge in [-0.1, -0.05) is 6.92 Å². The van der Waals surface area contributed by atoms with Crippen molar-refractivity contribution in [2.75, 3.05) is 7.11 Å². The van der Waals surface area contributed by atoms with Crippen LogP contribution >= 0.6 is 32.1 Å². The van der Waals surface area contributed by atoms with E-state index in [0.29, 0.717) is 18.3 Å². The third-order valence-electron chi connectivity index (χ3n) is 2.41. The first-order valence-electron chi connectivity index (χ1n) is 6.29. The Hall–Kier alpha value is -0.766. The molecular weight excluding hydrogens is 442 g/mol. The van der Waals surface area contributed by atoms with Crippen molar-refractivity contribution in [3.63, 3.8) is 0 Å². The van der Waals surface area contributed by atoms with Crippen LogP contribution in [0.1, 0.15) is 13.3 Å². The van der Waals surface area contributed by atoms with Gasteiger partial charge in [-0.2, -0.15) is 0 Å². The van der Waals surface area contributed by atoms with Gasteiger partial charge in [0.15, 0.2) is 10.0 Å². The molecule has 24 heavy (non-hydrogen) atoms. The maximum absolute atomic E-state index is 12.3. The van der Waals surface area contributed by atoms with Crippen LogP contribution in [0.25, 0.3) is 0 Å². The molecule has 1 unspecified atom stereocenters. The first kappa shape index (κ1) is 21.3. The van der Waals surface area contributed by atoms with E-state index in [9.17, 15) is 8.76 Å². The Labute approximate surface area is 159 Å². The number of ether oxygens (including phenoxy) is 1. The van der Waals surface area contributed by atoms with E-state index in [2.05, 4.69) is 18.1 Å². The molecule has 0 aliphatic heterocycles. The topological polar surface area (TPSA) is 97.0 Å². The van der Waals surface area contributed by atoms with E-state index >= 15 is 0 Å². The number of aromatic nitrogens is 2. The monoisotopic (exact) mass is 454 g/mol. The number of aliphatic imine (C=N–C) groups is 1. The summed E-state index contributed by atoms with van der Waals surface area (Å²) in [6.07, 6.45) is 2.59. The molecule has 2 rings (SSSR count). The summed E-state index contributed by atoms with van der Waals surface area (Å²) in [4.78, 5) is 4.35. The molecule has 7 nitrogen and oxygen atoms in total. The van der Waals surface area contributed by atoms with Crippen LogP contribution in [0.5, 0.6) is 5.88 Å². The van der Waals surface area contributed by atoms with E-state index in [1.807, 2.05) is 6.92 Å². The van der Waals surface area contributed by atoms with Crippen molar-refractivity contribution >= 4 is 59.8 Å². The van der Waals surface area contributed by atoms with Gasteiger partial charge in [-0.25, -0.2) is 4.21 Å². The first-order chi connectivity index (χ1) is 11.5. The molecule has 1 aromatic carbocycles. The number of halogens is 2. The Kier molecular flexibility index (Phi) is 9.72. The fraction of sp³-hybridized carbons (Fsp3) is 0.250. The summed E-state index contributed by atoms with van der Waals surface area (Å²) in [5.41, 5.74) is 0.712. The predicted molar refractivity (Wildman–Crippen MR) is 94.2 cm³/mol. The number of benzene rings is 1. The van der Waals surface area contributed by atoms with Gasteiger partial charge in [-0.05, 0) is 30.7 Å². The minimum atomic E-state index is -3.61. The molecule has 1 heterocycles. The number of nitrogens with zero attached hydrogens (tertiary/aromatic N) is 4. The van der Waals surface area contributed by atoms with E-state index in [1.54, 1.807) is 18.3 Å². The molecule has 0 spiro atoms. The van der Waals surface area contributed by atoms with Gasteiger partial charge in [0.25, 0.3) is 5.88 Å². The van der Waals surface area contributed by atoms with Gasteiger partial charge < -0.3 is 4.74 Å². The molecule has 0 radical (unpaired) electrons. The molecule has 1 aromatic heterocycles. The molecule has 12 heteroatoms. The van der Waals surface area contributed by atoms with Gasteiger partial charge in [-0.15, -0.1) is 13.1 Å². The third-order valence-corrected chi connectivity index (χ3v) is 4.22. The van der Waals surface area contributed by atoms with E-state index in [-0.39, 0.29) is 16.6 Å². The molecule has 0 aliphatic carbocycles. The fourth-order valence-electron chi connectivity index (χ4n) is 1.44. The SMILES string of the molecule is CCC=Nc1ccc(S(=O)(O)=Nc2nsnc2OC)cc1.[Cl][Ni][Cl]. The quantitative estimate of drug-likeness (QED) is 0.522. The van der Waals surface area contributed by atoms with E-state index < -0.39 is 10.0 Å². The van der Waals surface area contributed by atoms with E-state index in [0.717, 1.165) is 18.1 Å². The summed E-state index contributed by atoms with van der Waals surface area (Å²) in [7, 11) is 7.20. The molecule has 1 N–H and O–H groups in total. The van der Waals surface area contributed by atoms with Crippen molar-refractivity contribution < 1.29 is 26.2 Å². The standard InChI is InChI=1S/C12H14N4O3S2.2ClH.Ni/c1-3-8-13-9-4-6-10(7-5-9)21(17,18)16-11-12(19-2)15-20-14-11;;;/h4-8H,3H2,1-2H3,(H,14,16,17,18);2*1H;/q;;;+2/p-2. The number of hydrogen-bond donors (Lipinski definition) is 1. The second-order valence-corrected chi connectivity index (χ2v) is 7.75. The second-order valence-electron chi connectivity index (χ2n) is 3.94. The summed E-state index contributed by atoms with van der Waals surface area (Å²) < 4.78 is 38.6. The van der Waals surface area contributed by atoms with Crippen LogP contribution in [-0.2, 0) is 22.7 Å². The zero-order valence-electron chi connectivity index (χ0n) is 12.5. The van der Waals surface area contributed by atoms with Crippen molar-refractivity contribution in [3.8, 4) is 5.88 Å². The van der Waals surface area contributed by atoms with Crippen LogP contribution in [0.15, 0.2) is 38.5 Å². The number of methoxy groups -OCH3 is 1. The molecule has 0 aliphatic rings. The molecule has 0 fully saturated rings. The Balaban J connectivity index is 0.000000891. The summed E-state index contributed by atoms with van der Waals surface area (Å²) in [6.45, 7) is 1.98.